The number of rotatable bonds is 5. The molecule has 1 saturated carbocycles. The molecule has 6 nitrogen and oxygen atoms in total. The van der Waals surface area contributed by atoms with Crippen LogP contribution in [0.4, 0.5) is 0 Å². The van der Waals surface area contributed by atoms with Gasteiger partial charge in [0.05, 0.1) is 22.9 Å². The Kier molecular flexibility index (Phi) is 4.83. The summed E-state index contributed by atoms with van der Waals surface area (Å²) in [7, 11) is -1.99. The molecular weight excluding hydrogens is 392 g/mol. The topological polar surface area (TPSA) is 66.8 Å². The van der Waals surface area contributed by atoms with Gasteiger partial charge in [-0.05, 0) is 43.1 Å². The summed E-state index contributed by atoms with van der Waals surface area (Å²) >= 11 is 6.45. The van der Waals surface area contributed by atoms with E-state index >= 15 is 0 Å². The van der Waals surface area contributed by atoms with Gasteiger partial charge in [0.1, 0.15) is 6.17 Å². The van der Waals surface area contributed by atoms with Gasteiger partial charge in [-0.1, -0.05) is 32.4 Å². The third-order valence-corrected chi connectivity index (χ3v) is 11.3. The van der Waals surface area contributed by atoms with Crippen molar-refractivity contribution in [2.45, 2.75) is 76.5 Å². The molecule has 1 aromatic rings. The Bertz CT molecular complexity index is 819. The highest BCUT2D eigenvalue weighted by Crippen LogP contribution is 2.45. The van der Waals surface area contributed by atoms with E-state index in [0.717, 1.165) is 25.0 Å². The summed E-state index contributed by atoms with van der Waals surface area (Å²) in [6.07, 6.45) is 4.19. The lowest BCUT2D eigenvalue weighted by molar-refractivity contribution is -0.114. The van der Waals surface area contributed by atoms with Crippen LogP contribution in [-0.4, -0.2) is 42.2 Å². The van der Waals surface area contributed by atoms with Crippen molar-refractivity contribution in [3.63, 3.8) is 0 Å². The van der Waals surface area contributed by atoms with E-state index in [9.17, 15) is 4.79 Å². The van der Waals surface area contributed by atoms with E-state index in [-0.39, 0.29) is 35.1 Å². The molecule has 0 bridgehead atoms. The summed E-state index contributed by atoms with van der Waals surface area (Å²) < 4.78 is 6.75. The van der Waals surface area contributed by atoms with Gasteiger partial charge in [-0.15, -0.1) is 0 Å². The van der Waals surface area contributed by atoms with Crippen LogP contribution in [0, 0.1) is 5.92 Å². The first-order valence-corrected chi connectivity index (χ1v) is 13.3. The molecule has 2 aliphatic heterocycles. The van der Waals surface area contributed by atoms with Crippen LogP contribution in [0.3, 0.4) is 0 Å². The fraction of sp³-hybridized carbons (Fsp3) is 0.650. The van der Waals surface area contributed by atoms with Gasteiger partial charge >= 0.3 is 0 Å². The molecule has 0 amide bonds. The molecule has 1 saturated heterocycles. The standard InChI is InChI=1S/C20H29ClN4O2Si/c1-20(2,3)28(4,5)27-15-11-14(16-13(21)7-6-10-22-16)25-19(15)23-18(24-25)17(26)12-8-9-12/h6-7,10,12,14-15,19H,8-9,11H2,1-5H3,(H,23,24)/t14-,15+,19?/m0/s1. The molecule has 1 aliphatic carbocycles. The number of carbonyl (C=O) groups is 1. The van der Waals surface area contributed by atoms with Crippen molar-refractivity contribution >= 4 is 31.5 Å². The second kappa shape index (κ2) is 6.81. The normalized spacial score (nSPS) is 27.4. The number of Topliss-reactive ketones (excluding diaryl/α,β-unsaturated/α-hetero) is 1. The lowest BCUT2D eigenvalue weighted by Gasteiger charge is -2.39. The number of ketones is 1. The minimum Gasteiger partial charge on any atom is -0.410 e. The number of hydrazone groups is 1. The van der Waals surface area contributed by atoms with Gasteiger partial charge in [0.25, 0.3) is 0 Å². The van der Waals surface area contributed by atoms with Crippen LogP contribution >= 0.6 is 11.6 Å². The first-order chi connectivity index (χ1) is 13.1. The Morgan fingerprint density at radius 3 is 2.68 bits per heavy atom. The second-order valence-corrected chi connectivity index (χ2v) is 14.8. The Balaban J connectivity index is 1.64. The number of hydrogen-bond acceptors (Lipinski definition) is 6. The molecule has 0 spiro atoms. The van der Waals surface area contributed by atoms with Crippen molar-refractivity contribution < 1.29 is 9.22 Å². The van der Waals surface area contributed by atoms with Gasteiger partial charge in [0, 0.05) is 18.5 Å². The van der Waals surface area contributed by atoms with Gasteiger partial charge in [-0.2, -0.15) is 5.10 Å². The molecule has 8 heteroatoms. The fourth-order valence-corrected chi connectivity index (χ4v) is 5.19. The Morgan fingerprint density at radius 1 is 1.36 bits per heavy atom. The quantitative estimate of drug-likeness (QED) is 0.726. The van der Waals surface area contributed by atoms with Crippen LogP contribution in [0.2, 0.25) is 23.2 Å². The molecule has 3 aliphatic rings. The molecule has 1 N–H and O–H groups in total. The Hall–Kier alpha value is -1.44. The van der Waals surface area contributed by atoms with Gasteiger partial charge < -0.3 is 9.74 Å². The number of hydrogen-bond donors (Lipinski definition) is 1. The van der Waals surface area contributed by atoms with E-state index in [0.29, 0.717) is 10.9 Å². The van der Waals surface area contributed by atoms with Gasteiger partial charge in [0.2, 0.25) is 5.78 Å². The minimum absolute atomic E-state index is 0.0720. The molecule has 0 aromatic carbocycles. The maximum absolute atomic E-state index is 12.6. The van der Waals surface area contributed by atoms with Crippen LogP contribution in [0.15, 0.2) is 23.4 Å². The monoisotopic (exact) mass is 420 g/mol. The molecule has 4 rings (SSSR count). The highest BCUT2D eigenvalue weighted by atomic mass is 35.5. The van der Waals surface area contributed by atoms with Crippen molar-refractivity contribution in [3.05, 3.63) is 29.0 Å². The van der Waals surface area contributed by atoms with Crippen molar-refractivity contribution in [1.82, 2.24) is 15.3 Å². The number of aromatic nitrogens is 1. The molecule has 152 valence electrons. The predicted octanol–water partition coefficient (Wildman–Crippen LogP) is 4.09. The van der Waals surface area contributed by atoms with Gasteiger partial charge in [-0.3, -0.25) is 14.8 Å². The molecule has 1 aromatic heterocycles. The Morgan fingerprint density at radius 2 is 2.07 bits per heavy atom. The summed E-state index contributed by atoms with van der Waals surface area (Å²) in [6.45, 7) is 11.2. The smallest absolute Gasteiger partial charge is 0.202 e. The largest absolute Gasteiger partial charge is 0.410 e. The molecular formula is C20H29ClN4O2Si. The zero-order chi connectivity index (χ0) is 20.3. The van der Waals surface area contributed by atoms with Crippen LogP contribution in [-0.2, 0) is 9.22 Å². The van der Waals surface area contributed by atoms with Crippen LogP contribution in [0.1, 0.15) is 51.8 Å². The van der Waals surface area contributed by atoms with E-state index in [4.69, 9.17) is 16.0 Å². The SMILES string of the molecule is CC(C)(C)[Si](C)(C)O[C@@H]1C[C@@H](c2ncccc2Cl)N2N=C(C(=O)C3CC3)NC12. The summed E-state index contributed by atoms with van der Waals surface area (Å²) in [5.74, 6) is 0.711. The Labute approximate surface area is 172 Å². The maximum atomic E-state index is 12.6. The summed E-state index contributed by atoms with van der Waals surface area (Å²) in [6, 6.07) is 3.57. The predicted molar refractivity (Wildman–Crippen MR) is 113 cm³/mol. The minimum atomic E-state index is -1.99. The summed E-state index contributed by atoms with van der Waals surface area (Å²) in [5, 5.41) is 10.7. The number of carbonyl (C=O) groups excluding carboxylic acids is 1. The van der Waals surface area contributed by atoms with E-state index in [1.807, 2.05) is 17.1 Å². The first kappa shape index (κ1) is 19.9. The first-order valence-electron chi connectivity index (χ1n) is 10.0. The zero-order valence-corrected chi connectivity index (χ0v) is 19.0. The third kappa shape index (κ3) is 3.48. The second-order valence-electron chi connectivity index (χ2n) is 9.59. The van der Waals surface area contributed by atoms with Gasteiger partial charge in [0.15, 0.2) is 14.2 Å². The zero-order valence-electron chi connectivity index (χ0n) is 17.2. The summed E-state index contributed by atoms with van der Waals surface area (Å²) in [5.41, 5.74) is 0.793. The lowest BCUT2D eigenvalue weighted by atomic mass is 10.1. The molecule has 3 atom stereocenters. The molecule has 3 heterocycles. The number of nitrogens with zero attached hydrogens (tertiary/aromatic N) is 3. The maximum Gasteiger partial charge on any atom is 0.202 e. The van der Waals surface area contributed by atoms with Crippen LogP contribution in [0.25, 0.3) is 0 Å². The van der Waals surface area contributed by atoms with Crippen molar-refractivity contribution in [1.29, 1.82) is 0 Å². The highest BCUT2D eigenvalue weighted by molar-refractivity contribution is 6.74. The average molecular weight is 421 g/mol. The van der Waals surface area contributed by atoms with Crippen LogP contribution in [0.5, 0.6) is 0 Å². The number of pyridine rings is 1. The van der Waals surface area contributed by atoms with Gasteiger partial charge in [-0.25, -0.2) is 0 Å². The number of nitrogens with one attached hydrogen (secondary N) is 1. The van der Waals surface area contributed by atoms with Crippen LogP contribution < -0.4 is 5.32 Å². The fourth-order valence-electron chi connectivity index (χ4n) is 3.60. The lowest BCUT2D eigenvalue weighted by Crippen LogP contribution is -2.51. The number of halogens is 1. The van der Waals surface area contributed by atoms with E-state index < -0.39 is 8.32 Å². The molecule has 1 unspecified atom stereocenters. The van der Waals surface area contributed by atoms with E-state index in [1.165, 1.54) is 0 Å². The van der Waals surface area contributed by atoms with E-state index in [1.54, 1.807) is 6.20 Å². The molecule has 0 radical (unpaired) electrons. The number of fused-ring (bicyclic) bond motifs is 1. The molecule has 28 heavy (non-hydrogen) atoms. The third-order valence-electron chi connectivity index (χ3n) is 6.45. The van der Waals surface area contributed by atoms with Crippen molar-refractivity contribution in [2.75, 3.05) is 0 Å². The number of amidine groups is 1. The van der Waals surface area contributed by atoms with Crippen molar-refractivity contribution in [3.8, 4) is 0 Å². The molecule has 2 fully saturated rings. The summed E-state index contributed by atoms with van der Waals surface area (Å²) in [4.78, 5) is 17.1. The van der Waals surface area contributed by atoms with Crippen molar-refractivity contribution in [2.24, 2.45) is 11.0 Å². The van der Waals surface area contributed by atoms with E-state index in [2.05, 4.69) is 49.3 Å². The highest BCUT2D eigenvalue weighted by Gasteiger charge is 2.52. The average Bonchev–Trinajstić information content (AvgIpc) is 3.28.